The van der Waals surface area contributed by atoms with E-state index in [1.165, 1.54) is 0 Å². The fourth-order valence-electron chi connectivity index (χ4n) is 3.22. The zero-order chi connectivity index (χ0) is 16.4. The van der Waals surface area contributed by atoms with Gasteiger partial charge < -0.3 is 14.7 Å². The topological polar surface area (TPSA) is 70.1 Å². The third-order valence-corrected chi connectivity index (χ3v) is 4.56. The average Bonchev–Trinajstić information content (AvgIpc) is 2.60. The predicted octanol–water partition coefficient (Wildman–Crippen LogP) is 2.58. The minimum Gasteiger partial charge on any atom is -0.486 e. The lowest BCUT2D eigenvalue weighted by Gasteiger charge is -2.39. The molecule has 3 rings (SSSR count). The molecule has 1 N–H and O–H groups in total. The molecule has 2 amide bonds. The number of fused-ring (bicyclic) bond motifs is 1. The van der Waals surface area contributed by atoms with Crippen molar-refractivity contribution in [3.63, 3.8) is 0 Å². The third-order valence-electron chi connectivity index (χ3n) is 4.56. The highest BCUT2D eigenvalue weighted by atomic mass is 16.5. The first-order valence-corrected chi connectivity index (χ1v) is 8.15. The van der Waals surface area contributed by atoms with E-state index in [1.54, 1.807) is 9.80 Å². The van der Waals surface area contributed by atoms with Crippen molar-refractivity contribution < 1.29 is 19.4 Å². The first-order chi connectivity index (χ1) is 11.1. The summed E-state index contributed by atoms with van der Waals surface area (Å²) in [5.74, 6) is -0.576. The maximum atomic E-state index is 12.9. The normalized spacial score (nSPS) is 23.9. The van der Waals surface area contributed by atoms with E-state index in [2.05, 4.69) is 0 Å². The van der Waals surface area contributed by atoms with Crippen molar-refractivity contribution in [2.24, 2.45) is 5.92 Å². The number of ether oxygens (including phenoxy) is 1. The summed E-state index contributed by atoms with van der Waals surface area (Å²) >= 11 is 0. The number of carboxylic acids is 1. The Hall–Kier alpha value is -2.24. The molecule has 0 bridgehead atoms. The van der Waals surface area contributed by atoms with Gasteiger partial charge in [0.1, 0.15) is 11.9 Å². The molecule has 0 unspecified atom stereocenters. The molecule has 124 valence electrons. The van der Waals surface area contributed by atoms with Crippen LogP contribution in [-0.4, -0.2) is 47.7 Å². The molecule has 2 aliphatic heterocycles. The van der Waals surface area contributed by atoms with Gasteiger partial charge in [-0.15, -0.1) is 0 Å². The Bertz CT molecular complexity index is 604. The van der Waals surface area contributed by atoms with Crippen LogP contribution in [-0.2, 0) is 4.79 Å². The highest BCUT2D eigenvalue weighted by Gasteiger charge is 2.35. The number of carbonyl (C=O) groups is 2. The van der Waals surface area contributed by atoms with Crippen LogP contribution in [0, 0.1) is 5.92 Å². The maximum absolute atomic E-state index is 12.9. The molecule has 0 aliphatic carbocycles. The molecule has 1 aromatic rings. The van der Waals surface area contributed by atoms with Crippen LogP contribution in [0.2, 0.25) is 0 Å². The van der Waals surface area contributed by atoms with Crippen LogP contribution in [0.3, 0.4) is 0 Å². The van der Waals surface area contributed by atoms with Crippen molar-refractivity contribution in [2.45, 2.75) is 32.3 Å². The van der Waals surface area contributed by atoms with Gasteiger partial charge in [0.2, 0.25) is 0 Å². The number of hydrogen-bond acceptors (Lipinski definition) is 3. The van der Waals surface area contributed by atoms with Gasteiger partial charge in [-0.3, -0.25) is 9.69 Å². The van der Waals surface area contributed by atoms with E-state index in [9.17, 15) is 14.7 Å². The van der Waals surface area contributed by atoms with E-state index in [1.807, 2.05) is 31.2 Å². The second kappa shape index (κ2) is 6.48. The van der Waals surface area contributed by atoms with E-state index in [0.29, 0.717) is 25.3 Å². The van der Waals surface area contributed by atoms with E-state index < -0.39 is 11.9 Å². The standard InChI is InChI=1S/C17H22N2O4/c1-2-13-11-19(14-7-3-4-8-15(14)23-13)17(22)18-9-5-6-12(10-18)16(20)21/h3-4,7-8,12-13H,2,5-6,9-11H2,1H3,(H,20,21)/t12-,13+/m0/s1. The van der Waals surface area contributed by atoms with Crippen LogP contribution in [0.15, 0.2) is 24.3 Å². The number of para-hydroxylation sites is 2. The number of amides is 2. The van der Waals surface area contributed by atoms with Crippen molar-refractivity contribution in [3.8, 4) is 5.75 Å². The molecule has 2 aliphatic rings. The number of aliphatic carboxylic acids is 1. The Morgan fingerprint density at radius 3 is 2.83 bits per heavy atom. The van der Waals surface area contributed by atoms with Gasteiger partial charge in [0, 0.05) is 13.1 Å². The van der Waals surface area contributed by atoms with Gasteiger partial charge in [0.15, 0.2) is 0 Å². The van der Waals surface area contributed by atoms with E-state index in [0.717, 1.165) is 18.5 Å². The molecule has 23 heavy (non-hydrogen) atoms. The second-order valence-corrected chi connectivity index (χ2v) is 6.13. The van der Waals surface area contributed by atoms with Crippen molar-refractivity contribution >= 4 is 17.7 Å². The summed E-state index contributed by atoms with van der Waals surface area (Å²) in [5.41, 5.74) is 0.764. The third kappa shape index (κ3) is 3.11. The Morgan fingerprint density at radius 2 is 2.09 bits per heavy atom. The van der Waals surface area contributed by atoms with Crippen LogP contribution < -0.4 is 9.64 Å². The van der Waals surface area contributed by atoms with Crippen molar-refractivity contribution in [2.75, 3.05) is 24.5 Å². The summed E-state index contributed by atoms with van der Waals surface area (Å²) in [6.45, 7) is 3.42. The molecule has 1 aromatic carbocycles. The molecule has 2 atom stereocenters. The van der Waals surface area contributed by atoms with Crippen molar-refractivity contribution in [1.82, 2.24) is 4.90 Å². The van der Waals surface area contributed by atoms with E-state index >= 15 is 0 Å². The number of urea groups is 1. The number of carbonyl (C=O) groups excluding carboxylic acids is 1. The van der Waals surface area contributed by atoms with Gasteiger partial charge >= 0.3 is 12.0 Å². The van der Waals surface area contributed by atoms with Crippen LogP contribution >= 0.6 is 0 Å². The molecule has 1 fully saturated rings. The molecule has 0 radical (unpaired) electrons. The fraction of sp³-hybridized carbons (Fsp3) is 0.529. The fourth-order valence-corrected chi connectivity index (χ4v) is 3.22. The van der Waals surface area contributed by atoms with Gasteiger partial charge in [-0.05, 0) is 31.4 Å². The number of benzene rings is 1. The van der Waals surface area contributed by atoms with E-state index in [-0.39, 0.29) is 18.7 Å². The van der Waals surface area contributed by atoms with Gasteiger partial charge in [0.05, 0.1) is 18.2 Å². The monoisotopic (exact) mass is 318 g/mol. The molecule has 6 nitrogen and oxygen atoms in total. The molecular weight excluding hydrogens is 296 g/mol. The van der Waals surface area contributed by atoms with Gasteiger partial charge in [-0.1, -0.05) is 19.1 Å². The predicted molar refractivity (Wildman–Crippen MR) is 85.8 cm³/mol. The first-order valence-electron chi connectivity index (χ1n) is 8.15. The van der Waals surface area contributed by atoms with Gasteiger partial charge in [-0.2, -0.15) is 0 Å². The Labute approximate surface area is 135 Å². The first kappa shape index (κ1) is 15.6. The quantitative estimate of drug-likeness (QED) is 0.910. The molecular formula is C17H22N2O4. The molecule has 0 saturated carbocycles. The summed E-state index contributed by atoms with van der Waals surface area (Å²) in [5, 5.41) is 9.21. The summed E-state index contributed by atoms with van der Waals surface area (Å²) in [6.07, 6.45) is 2.15. The average molecular weight is 318 g/mol. The Kier molecular flexibility index (Phi) is 4.41. The molecule has 1 saturated heterocycles. The summed E-state index contributed by atoms with van der Waals surface area (Å²) < 4.78 is 5.90. The lowest BCUT2D eigenvalue weighted by atomic mass is 9.98. The minimum atomic E-state index is -0.823. The molecule has 2 heterocycles. The maximum Gasteiger partial charge on any atom is 0.324 e. The molecule has 0 aromatic heterocycles. The summed E-state index contributed by atoms with van der Waals surface area (Å²) in [4.78, 5) is 27.6. The summed E-state index contributed by atoms with van der Waals surface area (Å²) in [6, 6.07) is 7.39. The zero-order valence-electron chi connectivity index (χ0n) is 13.3. The van der Waals surface area contributed by atoms with Crippen LogP contribution in [0.1, 0.15) is 26.2 Å². The number of hydrogen-bond donors (Lipinski definition) is 1. The van der Waals surface area contributed by atoms with Crippen LogP contribution in [0.5, 0.6) is 5.75 Å². The number of likely N-dealkylation sites (tertiary alicyclic amines) is 1. The molecule has 0 spiro atoms. The largest absolute Gasteiger partial charge is 0.486 e. The van der Waals surface area contributed by atoms with Crippen LogP contribution in [0.25, 0.3) is 0 Å². The Morgan fingerprint density at radius 1 is 1.30 bits per heavy atom. The number of carboxylic acid groups (broad SMARTS) is 1. The van der Waals surface area contributed by atoms with Gasteiger partial charge in [-0.25, -0.2) is 4.79 Å². The minimum absolute atomic E-state index is 0.0334. The van der Waals surface area contributed by atoms with Crippen molar-refractivity contribution in [1.29, 1.82) is 0 Å². The van der Waals surface area contributed by atoms with E-state index in [4.69, 9.17) is 4.74 Å². The van der Waals surface area contributed by atoms with Crippen LogP contribution in [0.4, 0.5) is 10.5 Å². The Balaban J connectivity index is 1.82. The second-order valence-electron chi connectivity index (χ2n) is 6.13. The molecule has 6 heteroatoms. The van der Waals surface area contributed by atoms with Gasteiger partial charge in [0.25, 0.3) is 0 Å². The SMILES string of the molecule is CC[C@@H]1CN(C(=O)N2CCC[C@H](C(=O)O)C2)c2ccccc2O1. The van der Waals surface area contributed by atoms with Crippen molar-refractivity contribution in [3.05, 3.63) is 24.3 Å². The number of nitrogens with zero attached hydrogens (tertiary/aromatic N) is 2. The lowest BCUT2D eigenvalue weighted by molar-refractivity contribution is -0.143. The number of piperidine rings is 1. The smallest absolute Gasteiger partial charge is 0.324 e. The zero-order valence-corrected chi connectivity index (χ0v) is 13.3. The highest BCUT2D eigenvalue weighted by Crippen LogP contribution is 2.34. The highest BCUT2D eigenvalue weighted by molar-refractivity contribution is 5.94. The lowest BCUT2D eigenvalue weighted by Crippen LogP contribution is -2.52. The number of anilines is 1. The number of rotatable bonds is 2. The summed E-state index contributed by atoms with van der Waals surface area (Å²) in [7, 11) is 0.